The Bertz CT molecular complexity index is 537. The summed E-state index contributed by atoms with van der Waals surface area (Å²) in [5, 5.41) is 13.9. The van der Waals surface area contributed by atoms with Gasteiger partial charge >= 0.3 is 0 Å². The summed E-state index contributed by atoms with van der Waals surface area (Å²) in [6.45, 7) is 2.14. The average Bonchev–Trinajstić information content (AvgIpc) is 2.90. The molecule has 2 atom stereocenters. The smallest absolute Gasteiger partial charge is 0.0994 e. The van der Waals surface area contributed by atoms with Crippen molar-refractivity contribution in [3.63, 3.8) is 0 Å². The highest BCUT2D eigenvalue weighted by Crippen LogP contribution is 2.31. The zero-order valence-electron chi connectivity index (χ0n) is 11.1. The summed E-state index contributed by atoms with van der Waals surface area (Å²) < 4.78 is 0. The molecule has 2 aromatic rings. The molecule has 0 aliphatic carbocycles. The maximum Gasteiger partial charge on any atom is 0.0994 e. The lowest BCUT2D eigenvalue weighted by molar-refractivity contribution is 0.156. The molecule has 0 amide bonds. The van der Waals surface area contributed by atoms with Gasteiger partial charge in [0.25, 0.3) is 0 Å². The van der Waals surface area contributed by atoms with Crippen molar-refractivity contribution in [1.29, 1.82) is 0 Å². The van der Waals surface area contributed by atoms with Crippen molar-refractivity contribution in [2.45, 2.75) is 31.9 Å². The van der Waals surface area contributed by atoms with Crippen LogP contribution in [0.25, 0.3) is 0 Å². The Hall–Kier alpha value is -1.80. The fraction of sp³-hybridized carbons (Fsp3) is 0.294. The molecule has 2 aromatic carbocycles. The summed E-state index contributed by atoms with van der Waals surface area (Å²) in [5.41, 5.74) is 4.73. The number of anilines is 1. The fourth-order valence-corrected chi connectivity index (χ4v) is 2.70. The lowest BCUT2D eigenvalue weighted by atomic mass is 9.98. The molecule has 1 aliphatic rings. The highest BCUT2D eigenvalue weighted by molar-refractivity contribution is 5.57. The molecule has 0 bridgehead atoms. The van der Waals surface area contributed by atoms with E-state index < -0.39 is 6.10 Å². The Balaban J connectivity index is 1.77. The second-order valence-corrected chi connectivity index (χ2v) is 5.15. The monoisotopic (exact) mass is 253 g/mol. The predicted molar refractivity (Wildman–Crippen MR) is 78.3 cm³/mol. The standard InChI is InChI=1S/C17H19NO/c1-2-12-7-9-13(10-8-12)17(19)16-11-14-5-3-4-6-15(14)18-16/h3-10,16-19H,2,11H2,1H3. The second kappa shape index (κ2) is 5.06. The minimum atomic E-state index is -0.460. The van der Waals surface area contributed by atoms with E-state index in [2.05, 4.69) is 36.5 Å². The predicted octanol–water partition coefficient (Wildman–Crippen LogP) is 3.32. The van der Waals surface area contributed by atoms with Crippen molar-refractivity contribution in [3.05, 3.63) is 65.2 Å². The van der Waals surface area contributed by atoms with E-state index in [4.69, 9.17) is 0 Å². The number of aryl methyl sites for hydroxylation is 1. The van der Waals surface area contributed by atoms with Gasteiger partial charge in [0, 0.05) is 5.69 Å². The fourth-order valence-electron chi connectivity index (χ4n) is 2.70. The van der Waals surface area contributed by atoms with Gasteiger partial charge in [-0.2, -0.15) is 0 Å². The largest absolute Gasteiger partial charge is 0.386 e. The van der Waals surface area contributed by atoms with E-state index in [9.17, 15) is 5.11 Å². The number of aliphatic hydroxyl groups excluding tert-OH is 1. The lowest BCUT2D eigenvalue weighted by Gasteiger charge is -2.19. The van der Waals surface area contributed by atoms with E-state index in [1.54, 1.807) is 0 Å². The number of hydrogen-bond donors (Lipinski definition) is 2. The third-order valence-corrected chi connectivity index (χ3v) is 3.91. The first-order valence-electron chi connectivity index (χ1n) is 6.89. The first-order valence-corrected chi connectivity index (χ1v) is 6.89. The molecule has 19 heavy (non-hydrogen) atoms. The summed E-state index contributed by atoms with van der Waals surface area (Å²) in [5.74, 6) is 0. The van der Waals surface area contributed by atoms with Crippen LogP contribution in [0.5, 0.6) is 0 Å². The van der Waals surface area contributed by atoms with Crippen molar-refractivity contribution >= 4 is 5.69 Å². The zero-order chi connectivity index (χ0) is 13.2. The summed E-state index contributed by atoms with van der Waals surface area (Å²) in [4.78, 5) is 0. The van der Waals surface area contributed by atoms with E-state index in [-0.39, 0.29) is 6.04 Å². The zero-order valence-corrected chi connectivity index (χ0v) is 11.1. The van der Waals surface area contributed by atoms with Crippen LogP contribution in [0.4, 0.5) is 5.69 Å². The van der Waals surface area contributed by atoms with E-state index in [0.29, 0.717) is 0 Å². The topological polar surface area (TPSA) is 32.3 Å². The molecule has 0 saturated carbocycles. The van der Waals surface area contributed by atoms with E-state index >= 15 is 0 Å². The molecular formula is C17H19NO. The molecule has 0 saturated heterocycles. The van der Waals surface area contributed by atoms with Crippen LogP contribution in [0.1, 0.15) is 29.7 Å². The van der Waals surface area contributed by atoms with Gasteiger partial charge in [0.15, 0.2) is 0 Å². The Morgan fingerprint density at radius 3 is 2.58 bits per heavy atom. The van der Waals surface area contributed by atoms with Gasteiger partial charge in [-0.25, -0.2) is 0 Å². The highest BCUT2D eigenvalue weighted by atomic mass is 16.3. The summed E-state index contributed by atoms with van der Waals surface area (Å²) >= 11 is 0. The molecule has 0 radical (unpaired) electrons. The van der Waals surface area contributed by atoms with Crippen LogP contribution < -0.4 is 5.32 Å². The van der Waals surface area contributed by atoms with E-state index in [1.165, 1.54) is 11.1 Å². The SMILES string of the molecule is CCc1ccc(C(O)C2Cc3ccccc3N2)cc1. The van der Waals surface area contributed by atoms with Gasteiger partial charge < -0.3 is 10.4 Å². The van der Waals surface area contributed by atoms with Gasteiger partial charge in [-0.1, -0.05) is 49.4 Å². The van der Waals surface area contributed by atoms with Crippen LogP contribution in [-0.2, 0) is 12.8 Å². The van der Waals surface area contributed by atoms with E-state index in [1.807, 2.05) is 24.3 Å². The first-order chi connectivity index (χ1) is 9.28. The molecule has 2 heteroatoms. The van der Waals surface area contributed by atoms with Gasteiger partial charge in [0.05, 0.1) is 12.1 Å². The molecule has 2 N–H and O–H groups in total. The number of nitrogens with one attached hydrogen (secondary N) is 1. The van der Waals surface area contributed by atoms with Gasteiger partial charge in [0.1, 0.15) is 0 Å². The number of aliphatic hydroxyl groups is 1. The van der Waals surface area contributed by atoms with Crippen molar-refractivity contribution in [2.75, 3.05) is 5.32 Å². The van der Waals surface area contributed by atoms with Crippen molar-refractivity contribution in [1.82, 2.24) is 0 Å². The maximum atomic E-state index is 10.5. The highest BCUT2D eigenvalue weighted by Gasteiger charge is 2.27. The third-order valence-electron chi connectivity index (χ3n) is 3.91. The minimum absolute atomic E-state index is 0.0740. The van der Waals surface area contributed by atoms with Crippen molar-refractivity contribution in [3.8, 4) is 0 Å². The summed E-state index contributed by atoms with van der Waals surface area (Å²) in [6.07, 6.45) is 1.45. The van der Waals surface area contributed by atoms with Crippen LogP contribution >= 0.6 is 0 Å². The number of benzene rings is 2. The molecule has 0 fully saturated rings. The average molecular weight is 253 g/mol. The Kier molecular flexibility index (Phi) is 3.26. The van der Waals surface area contributed by atoms with Crippen LogP contribution in [0.2, 0.25) is 0 Å². The molecule has 0 aromatic heterocycles. The summed E-state index contributed by atoms with van der Waals surface area (Å²) in [7, 11) is 0. The maximum absolute atomic E-state index is 10.5. The van der Waals surface area contributed by atoms with Gasteiger partial charge in [-0.05, 0) is 35.6 Å². The van der Waals surface area contributed by atoms with Gasteiger partial charge in [0.2, 0.25) is 0 Å². The summed E-state index contributed by atoms with van der Waals surface area (Å²) in [6, 6.07) is 16.6. The number of fused-ring (bicyclic) bond motifs is 1. The molecular weight excluding hydrogens is 234 g/mol. The third kappa shape index (κ3) is 2.36. The number of hydrogen-bond acceptors (Lipinski definition) is 2. The van der Waals surface area contributed by atoms with Crippen LogP contribution in [0.15, 0.2) is 48.5 Å². The van der Waals surface area contributed by atoms with E-state index in [0.717, 1.165) is 24.1 Å². The van der Waals surface area contributed by atoms with Gasteiger partial charge in [-0.3, -0.25) is 0 Å². The van der Waals surface area contributed by atoms with Gasteiger partial charge in [-0.15, -0.1) is 0 Å². The lowest BCUT2D eigenvalue weighted by Crippen LogP contribution is -2.24. The normalized spacial score (nSPS) is 18.7. The molecule has 2 unspecified atom stereocenters. The Labute approximate surface area is 114 Å². The quantitative estimate of drug-likeness (QED) is 0.879. The van der Waals surface area contributed by atoms with Crippen molar-refractivity contribution in [2.24, 2.45) is 0 Å². The van der Waals surface area contributed by atoms with Crippen LogP contribution in [0, 0.1) is 0 Å². The van der Waals surface area contributed by atoms with Crippen molar-refractivity contribution < 1.29 is 5.11 Å². The second-order valence-electron chi connectivity index (χ2n) is 5.15. The Morgan fingerprint density at radius 2 is 1.89 bits per heavy atom. The van der Waals surface area contributed by atoms with Crippen LogP contribution in [0.3, 0.4) is 0 Å². The molecule has 2 nitrogen and oxygen atoms in total. The minimum Gasteiger partial charge on any atom is -0.386 e. The molecule has 1 heterocycles. The number of rotatable bonds is 3. The van der Waals surface area contributed by atoms with Crippen LogP contribution in [-0.4, -0.2) is 11.1 Å². The Morgan fingerprint density at radius 1 is 1.16 bits per heavy atom. The molecule has 0 spiro atoms. The first kappa shape index (κ1) is 12.2. The molecule has 3 rings (SSSR count). The molecule has 1 aliphatic heterocycles. The molecule has 98 valence electrons. The number of para-hydroxylation sites is 1.